The first-order chi connectivity index (χ1) is 20.2. The molecule has 41 heavy (non-hydrogen) atoms. The molecule has 0 fully saturated rings. The Kier molecular flexibility index (Phi) is 35.0. The smallest absolute Gasteiger partial charge is 0.0654 e. The van der Waals surface area contributed by atoms with Gasteiger partial charge in [-0.05, 0) is 12.8 Å². The van der Waals surface area contributed by atoms with Gasteiger partial charge in [0.1, 0.15) is 0 Å². The van der Waals surface area contributed by atoms with Crippen LogP contribution in [0.25, 0.3) is 0 Å². The molecule has 0 aliphatic heterocycles. The second-order valence-corrected chi connectivity index (χ2v) is 15.0. The van der Waals surface area contributed by atoms with Crippen LogP contribution in [0.4, 0.5) is 0 Å². The molecule has 0 aliphatic carbocycles. The summed E-state index contributed by atoms with van der Waals surface area (Å²) in [5.41, 5.74) is 0. The molecule has 0 N–H and O–H groups in total. The molecule has 236 valence electrons. The van der Waals surface area contributed by atoms with Crippen LogP contribution in [0.3, 0.4) is 0 Å². The minimum Gasteiger partial charge on any atom is -0.0654 e. The Labute approximate surface area is 269 Å². The molecule has 0 rings (SSSR count). The summed E-state index contributed by atoms with van der Waals surface area (Å²) in [6.07, 6.45) is 42.7. The van der Waals surface area contributed by atoms with E-state index >= 15 is 0 Å². The van der Waals surface area contributed by atoms with Crippen LogP contribution in [-0.4, -0.2) is 11.9 Å². The zero-order chi connectivity index (χ0) is 29.9. The molecule has 0 aromatic carbocycles. The number of allylic oxidation sites excluding steroid dienone is 4. The van der Waals surface area contributed by atoms with E-state index in [0.29, 0.717) is 12.8 Å². The second kappa shape index (κ2) is 35.6. The predicted octanol–water partition coefficient (Wildman–Crippen LogP) is 12.1. The van der Waals surface area contributed by atoms with Gasteiger partial charge in [-0.3, -0.25) is 0 Å². The van der Waals surface area contributed by atoms with Crippen LogP contribution in [0.1, 0.15) is 194 Å². The zero-order valence-corrected chi connectivity index (χ0v) is 32.9. The zero-order valence-electron chi connectivity index (χ0n) is 27.4. The van der Waals surface area contributed by atoms with E-state index in [1.807, 2.05) is 0 Å². The van der Waals surface area contributed by atoms with E-state index in [4.69, 9.17) is 5.29 Å². The van der Waals surface area contributed by atoms with Gasteiger partial charge >= 0.3 is 179 Å². The molecule has 0 amide bonds. The van der Waals surface area contributed by atoms with Crippen LogP contribution in [0.2, 0.25) is 0 Å². The predicted molar refractivity (Wildman–Crippen MR) is 171 cm³/mol. The van der Waals surface area contributed by atoms with Gasteiger partial charge < -0.3 is 0 Å². The van der Waals surface area contributed by atoms with Gasteiger partial charge in [-0.1, -0.05) is 78.1 Å². The molecule has 0 aliphatic rings. The van der Waals surface area contributed by atoms with Gasteiger partial charge in [0.15, 0.2) is 0 Å². The van der Waals surface area contributed by atoms with Crippen LogP contribution in [0.5, 0.6) is 0 Å². The molecule has 0 unspecified atom stereocenters. The Balaban J connectivity index is 3.35. The van der Waals surface area contributed by atoms with Crippen molar-refractivity contribution in [2.45, 2.75) is 194 Å². The van der Waals surface area contributed by atoms with Gasteiger partial charge in [-0.2, -0.15) is 0 Å². The standard InChI is InChI=1S/2C18H34O2.Hg/c2*1-2-3-4-5-6-7-8-9-10-11-12-13-14-15-16-17-18(19)20;/h2*9-10H,2-8,11-17H2,1H3,(H,19,20);/q;;+2/p-2/b2*10-9-;. The minimum absolute atomic E-state index is 0.168. The van der Waals surface area contributed by atoms with Crippen LogP contribution in [0.15, 0.2) is 24.3 Å². The van der Waals surface area contributed by atoms with E-state index in [0.717, 1.165) is 25.7 Å². The van der Waals surface area contributed by atoms with Crippen LogP contribution >= 0.6 is 0 Å². The number of hydrogen-bond acceptors (Lipinski definition) is 4. The van der Waals surface area contributed by atoms with Crippen LogP contribution in [-0.2, 0) is 40.4 Å². The Morgan fingerprint density at radius 2 is 0.683 bits per heavy atom. The fourth-order valence-corrected chi connectivity index (χ4v) is 7.36. The molecule has 0 radical (unpaired) electrons. The monoisotopic (exact) mass is 764 g/mol. The van der Waals surface area contributed by atoms with Gasteiger partial charge in [0.2, 0.25) is 0 Å². The molecule has 0 spiro atoms. The van der Waals surface area contributed by atoms with E-state index in [2.05, 4.69) is 38.2 Å². The fourth-order valence-electron chi connectivity index (χ4n) is 4.99. The number of hydrogen-bond donors (Lipinski definition) is 0. The van der Waals surface area contributed by atoms with E-state index in [1.165, 1.54) is 141 Å². The van der Waals surface area contributed by atoms with Crippen molar-refractivity contribution in [2.75, 3.05) is 0 Å². The average molecular weight is 764 g/mol. The molecule has 0 saturated carbocycles. The summed E-state index contributed by atoms with van der Waals surface area (Å²) in [6, 6.07) is 0. The fraction of sp³-hybridized carbons (Fsp3) is 0.833. The Hall–Kier alpha value is -0.645. The van der Waals surface area contributed by atoms with Crippen LogP contribution < -0.4 is 0 Å². The summed E-state index contributed by atoms with van der Waals surface area (Å²) < 4.78 is 10.6. The van der Waals surface area contributed by atoms with Crippen molar-refractivity contribution in [3.63, 3.8) is 0 Å². The average Bonchev–Trinajstić information content (AvgIpc) is 2.97. The molecule has 4 nitrogen and oxygen atoms in total. The van der Waals surface area contributed by atoms with E-state index < -0.39 is 25.5 Å². The van der Waals surface area contributed by atoms with Crippen molar-refractivity contribution in [2.24, 2.45) is 0 Å². The maximum atomic E-state index is 11.9. The van der Waals surface area contributed by atoms with Crippen molar-refractivity contribution in [1.29, 1.82) is 0 Å². The molecule has 0 aromatic rings. The third-order valence-corrected chi connectivity index (χ3v) is 11.1. The third kappa shape index (κ3) is 35.5. The van der Waals surface area contributed by atoms with Gasteiger partial charge in [0.25, 0.3) is 0 Å². The topological polar surface area (TPSA) is 52.6 Å². The number of unbranched alkanes of at least 4 members (excludes halogenated alkanes) is 22. The summed E-state index contributed by atoms with van der Waals surface area (Å²) in [4.78, 5) is 23.8. The van der Waals surface area contributed by atoms with E-state index in [1.54, 1.807) is 0 Å². The molecule has 0 bridgehead atoms. The first-order valence-electron chi connectivity index (χ1n) is 17.8. The van der Waals surface area contributed by atoms with Crippen molar-refractivity contribution < 1.29 is 40.4 Å². The SMILES string of the molecule is CCCCCCCC/C=C\CCCCCCCC(=O)[O][Hg][O]C(=O)CCCCCCC/C=C\CCCCCCCC. The number of carbonyl (C=O) groups excluding carboxylic acids is 2. The minimum atomic E-state index is -2.30. The molecule has 0 heterocycles. The molecule has 0 saturated heterocycles. The Morgan fingerprint density at radius 1 is 0.415 bits per heavy atom. The first kappa shape index (κ1) is 40.4. The Bertz CT molecular complexity index is 565. The van der Waals surface area contributed by atoms with Crippen LogP contribution in [0, 0.1) is 0 Å². The number of rotatable bonds is 32. The summed E-state index contributed by atoms with van der Waals surface area (Å²) in [6.45, 7) is 4.53. The second-order valence-electron chi connectivity index (χ2n) is 11.8. The third-order valence-electron chi connectivity index (χ3n) is 7.73. The van der Waals surface area contributed by atoms with Gasteiger partial charge in [-0.25, -0.2) is 0 Å². The molecular formula is C36H66HgO4. The van der Waals surface area contributed by atoms with Crippen molar-refractivity contribution in [1.82, 2.24) is 0 Å². The summed E-state index contributed by atoms with van der Waals surface area (Å²) >= 11 is -2.30. The quantitative estimate of drug-likeness (QED) is 0.0389. The molecule has 0 aromatic heterocycles. The Morgan fingerprint density at radius 3 is 1.00 bits per heavy atom. The summed E-state index contributed by atoms with van der Waals surface area (Å²) in [5, 5.41) is 0. The van der Waals surface area contributed by atoms with E-state index in [9.17, 15) is 9.59 Å². The number of carbonyl (C=O) groups is 2. The normalized spacial score (nSPS) is 11.4. The summed E-state index contributed by atoms with van der Waals surface area (Å²) in [7, 11) is 0. The van der Waals surface area contributed by atoms with Crippen molar-refractivity contribution >= 4 is 11.9 Å². The van der Waals surface area contributed by atoms with Crippen molar-refractivity contribution in [3.8, 4) is 0 Å². The van der Waals surface area contributed by atoms with Gasteiger partial charge in [0.05, 0.1) is 0 Å². The molecule has 5 heteroatoms. The van der Waals surface area contributed by atoms with Gasteiger partial charge in [0, 0.05) is 0 Å². The van der Waals surface area contributed by atoms with E-state index in [-0.39, 0.29) is 11.9 Å². The summed E-state index contributed by atoms with van der Waals surface area (Å²) in [5.74, 6) is -0.337. The van der Waals surface area contributed by atoms with Crippen molar-refractivity contribution in [3.05, 3.63) is 24.3 Å². The maximum absolute atomic E-state index is 11.9. The molecule has 0 atom stereocenters. The first-order valence-corrected chi connectivity index (χ1v) is 22.3. The molecular weight excluding hydrogens is 697 g/mol. The van der Waals surface area contributed by atoms with Gasteiger partial charge in [-0.15, -0.1) is 0 Å².